The van der Waals surface area contributed by atoms with E-state index in [0.29, 0.717) is 31.6 Å². The number of carbonyl (C=O) groups is 1. The Labute approximate surface area is 321 Å². The van der Waals surface area contributed by atoms with Crippen LogP contribution in [0.3, 0.4) is 0 Å². The molecule has 2 aliphatic carbocycles. The van der Waals surface area contributed by atoms with Crippen molar-refractivity contribution >= 4 is 43.6 Å². The normalized spacial score (nSPS) is 21.6. The van der Waals surface area contributed by atoms with Crippen LogP contribution < -0.4 is 10.6 Å². The molecule has 2 fully saturated rings. The van der Waals surface area contributed by atoms with Gasteiger partial charge >= 0.3 is 37.3 Å². The topological polar surface area (TPSA) is 138 Å². The van der Waals surface area contributed by atoms with Crippen LogP contribution >= 0.6 is 11.6 Å². The molecule has 2 N–H and O–H groups in total. The monoisotopic (exact) mass is 855 g/mol. The van der Waals surface area contributed by atoms with Crippen molar-refractivity contribution in [2.24, 2.45) is 0 Å². The van der Waals surface area contributed by atoms with Gasteiger partial charge in [-0.2, -0.15) is 43.2 Å². The van der Waals surface area contributed by atoms with Crippen molar-refractivity contribution in [1.29, 1.82) is 0 Å². The molecule has 2 atom stereocenters. The zero-order valence-corrected chi connectivity index (χ0v) is 32.2. The van der Waals surface area contributed by atoms with E-state index in [2.05, 4.69) is 28.8 Å². The molecular weight excluding hydrogens is 811 g/mol. The van der Waals surface area contributed by atoms with Crippen LogP contribution in [0.1, 0.15) is 64.2 Å². The molecule has 12 nitrogen and oxygen atoms in total. The molecule has 0 saturated carbocycles. The molecule has 2 amide bonds. The molecular formula is C33H45ClF7N5O7S2. The molecule has 1 aromatic rings. The Morgan fingerprint density at radius 1 is 0.818 bits per heavy atom. The third-order valence-corrected chi connectivity index (χ3v) is 11.8. The molecule has 2 unspecified atom stereocenters. The summed E-state index contributed by atoms with van der Waals surface area (Å²) >= 11 is 5.78. The summed E-state index contributed by atoms with van der Waals surface area (Å²) in [4.78, 5) is 19.2. The molecule has 0 aromatic heterocycles. The minimum atomic E-state index is -5.73. The number of carbonyl (C=O) groups excluding carboxylic acids is 1. The molecule has 2 heterocycles. The third kappa shape index (κ3) is 13.6. The molecule has 2 aliphatic heterocycles. The molecule has 55 heavy (non-hydrogen) atoms. The van der Waals surface area contributed by atoms with Gasteiger partial charge in [0.2, 0.25) is 0 Å². The van der Waals surface area contributed by atoms with Gasteiger partial charge in [0, 0.05) is 56.8 Å². The minimum absolute atomic E-state index is 0.0736. The Bertz CT molecular complexity index is 1740. The molecule has 4 aliphatic rings. The fourth-order valence-electron chi connectivity index (χ4n) is 6.51. The average molecular weight is 856 g/mol. The minimum Gasteiger partial charge on any atom is -0.381 e. The Hall–Kier alpha value is -2.85. The van der Waals surface area contributed by atoms with E-state index in [1.165, 1.54) is 37.1 Å². The lowest BCUT2D eigenvalue weighted by molar-refractivity contribution is -0.0529. The third-order valence-electron chi connectivity index (χ3n) is 9.50. The van der Waals surface area contributed by atoms with Crippen LogP contribution in [0, 0.1) is 5.82 Å². The maximum atomic E-state index is 13.4. The van der Waals surface area contributed by atoms with Gasteiger partial charge in [0.1, 0.15) is 17.3 Å². The number of halogens is 8. The van der Waals surface area contributed by atoms with Gasteiger partial charge in [-0.25, -0.2) is 9.18 Å². The lowest BCUT2D eigenvalue weighted by atomic mass is 9.99. The zero-order valence-electron chi connectivity index (χ0n) is 29.8. The van der Waals surface area contributed by atoms with Gasteiger partial charge in [-0.15, -0.1) is 0 Å². The van der Waals surface area contributed by atoms with E-state index < -0.39 is 43.1 Å². The molecule has 0 spiro atoms. The number of rotatable bonds is 13. The van der Waals surface area contributed by atoms with Crippen LogP contribution in [0.2, 0.25) is 5.02 Å². The van der Waals surface area contributed by atoms with Crippen LogP contribution in [0.4, 0.5) is 41.2 Å². The number of nitrogens with one attached hydrogen (secondary N) is 2. The summed E-state index contributed by atoms with van der Waals surface area (Å²) in [5, 5.41) is 5.87. The first kappa shape index (κ1) is 44.9. The summed E-state index contributed by atoms with van der Waals surface area (Å²) in [6.45, 7) is 6.85. The quantitative estimate of drug-likeness (QED) is 0.126. The predicted molar refractivity (Wildman–Crippen MR) is 190 cm³/mol. The van der Waals surface area contributed by atoms with Crippen molar-refractivity contribution < 1.29 is 60.7 Å². The van der Waals surface area contributed by atoms with Crippen LogP contribution in [0.15, 0.2) is 41.9 Å². The Kier molecular flexibility index (Phi) is 15.9. The van der Waals surface area contributed by atoms with Crippen molar-refractivity contribution in [2.75, 3.05) is 57.7 Å². The summed E-state index contributed by atoms with van der Waals surface area (Å²) in [5.41, 5.74) is -10.6. The number of urea groups is 1. The smallest absolute Gasteiger partial charge is 0.381 e. The van der Waals surface area contributed by atoms with Gasteiger partial charge in [-0.05, 0) is 108 Å². The van der Waals surface area contributed by atoms with Crippen molar-refractivity contribution in [3.63, 3.8) is 0 Å². The maximum Gasteiger partial charge on any atom is 0.534 e. The van der Waals surface area contributed by atoms with E-state index in [-0.39, 0.29) is 54.3 Å². The van der Waals surface area contributed by atoms with Crippen molar-refractivity contribution in [1.82, 2.24) is 20.0 Å². The van der Waals surface area contributed by atoms with E-state index in [9.17, 15) is 52.4 Å². The summed E-state index contributed by atoms with van der Waals surface area (Å²) in [7, 11) is -11.3. The second-order valence-electron chi connectivity index (χ2n) is 13.5. The first-order valence-electron chi connectivity index (χ1n) is 17.8. The van der Waals surface area contributed by atoms with E-state index >= 15 is 0 Å². The highest BCUT2D eigenvalue weighted by Gasteiger charge is 2.50. The Morgan fingerprint density at radius 2 is 1.35 bits per heavy atom. The van der Waals surface area contributed by atoms with Crippen LogP contribution in [0.25, 0.3) is 0 Å². The lowest BCUT2D eigenvalue weighted by Gasteiger charge is -2.34. The average Bonchev–Trinajstić information content (AvgIpc) is 3.82. The molecule has 5 rings (SSSR count). The number of allylic oxidation sites excluding steroid dienone is 2. The van der Waals surface area contributed by atoms with Crippen LogP contribution in [0.5, 0.6) is 0 Å². The van der Waals surface area contributed by atoms with E-state index in [1.807, 2.05) is 0 Å². The summed E-state index contributed by atoms with van der Waals surface area (Å²) in [6, 6.07) is 3.07. The first-order chi connectivity index (χ1) is 25.7. The van der Waals surface area contributed by atoms with Crippen molar-refractivity contribution in [3.05, 3.63) is 52.7 Å². The standard InChI is InChI=1S/C20H24ClF4N3O4S.C13H21F3N2O3S/c21-17-13-14(3-8-18(17)22)26-19(29)28(12-11-27-9-1-2-10-27)15-4-6-16(7-5-15)32-33(30,31)20(23,24)25;14-13(15,16)22(19,20)21-12-5-3-11(4-6-12)17-7-10-18-8-1-2-9-18/h3,6,8,13,15H,1-2,4-5,7,9-12H2,(H,26,29);5,11,17H,1-4,6-10H2. The highest BCUT2D eigenvalue weighted by Crippen LogP contribution is 2.32. The maximum absolute atomic E-state index is 13.4. The number of alkyl halides is 6. The van der Waals surface area contributed by atoms with Gasteiger partial charge in [-0.1, -0.05) is 11.6 Å². The number of hydrogen-bond acceptors (Lipinski definition) is 10. The molecule has 2 saturated heterocycles. The van der Waals surface area contributed by atoms with Crippen molar-refractivity contribution in [3.8, 4) is 0 Å². The van der Waals surface area contributed by atoms with E-state index in [4.69, 9.17) is 11.6 Å². The molecule has 0 bridgehead atoms. The molecule has 1 aromatic carbocycles. The van der Waals surface area contributed by atoms with Crippen LogP contribution in [-0.2, 0) is 28.6 Å². The number of likely N-dealkylation sites (tertiary alicyclic amines) is 2. The van der Waals surface area contributed by atoms with E-state index in [0.717, 1.165) is 58.2 Å². The zero-order chi connectivity index (χ0) is 40.4. The van der Waals surface area contributed by atoms with Gasteiger partial charge in [0.05, 0.1) is 5.02 Å². The fraction of sp³-hybridized carbons (Fsp3) is 0.667. The number of hydrogen-bond donors (Lipinski definition) is 2. The number of nitrogens with zero attached hydrogens (tertiary/aromatic N) is 3. The second-order valence-corrected chi connectivity index (χ2v) is 17.0. The highest BCUT2D eigenvalue weighted by atomic mass is 35.5. The second kappa shape index (κ2) is 19.5. The summed E-state index contributed by atoms with van der Waals surface area (Å²) in [6.07, 6.45) is 8.82. The number of anilines is 1. The fourth-order valence-corrected chi connectivity index (χ4v) is 7.75. The van der Waals surface area contributed by atoms with Gasteiger partial charge < -0.3 is 33.7 Å². The van der Waals surface area contributed by atoms with Gasteiger partial charge in [0.25, 0.3) is 0 Å². The summed E-state index contributed by atoms with van der Waals surface area (Å²) < 4.78 is 140. The molecule has 0 radical (unpaired) electrons. The van der Waals surface area contributed by atoms with Gasteiger partial charge in [-0.3, -0.25) is 0 Å². The Balaban J connectivity index is 0.000000265. The number of amides is 2. The first-order valence-corrected chi connectivity index (χ1v) is 21.0. The van der Waals surface area contributed by atoms with Crippen molar-refractivity contribution in [2.45, 2.75) is 87.3 Å². The summed E-state index contributed by atoms with van der Waals surface area (Å²) in [5.74, 6) is -1.04. The van der Waals surface area contributed by atoms with Crippen LogP contribution in [-0.4, -0.2) is 113 Å². The predicted octanol–water partition coefficient (Wildman–Crippen LogP) is 6.69. The highest BCUT2D eigenvalue weighted by molar-refractivity contribution is 7.88. The Morgan fingerprint density at radius 3 is 1.82 bits per heavy atom. The lowest BCUT2D eigenvalue weighted by Crippen LogP contribution is -2.47. The molecule has 22 heteroatoms. The molecule has 312 valence electrons. The SMILES string of the molecule is O=C(Nc1ccc(F)c(Cl)c1)N(CCN1CCCC1)C1CC=C(OS(=O)(=O)C(F)(F)F)CC1.O=S(=O)(OC1=CCC(NCCN2CCCC2)CC1)C(F)(F)F. The van der Waals surface area contributed by atoms with Gasteiger partial charge in [0.15, 0.2) is 0 Å². The van der Waals surface area contributed by atoms with E-state index in [1.54, 1.807) is 4.90 Å². The largest absolute Gasteiger partial charge is 0.534 e. The number of benzene rings is 1.